The molecule has 0 aromatic carbocycles. The molecule has 0 radical (unpaired) electrons. The van der Waals surface area contributed by atoms with E-state index < -0.39 is 0 Å². The second-order valence-electron chi connectivity index (χ2n) is 1.84. The first-order valence-electron chi connectivity index (χ1n) is 2.80. The molecular formula is C6H5Cl2N3. The van der Waals surface area contributed by atoms with Gasteiger partial charge in [-0.15, -0.1) is 0 Å². The molecule has 2 N–H and O–H groups in total. The lowest BCUT2D eigenvalue weighted by atomic mass is 10.3. The molecule has 0 saturated heterocycles. The Hall–Kier alpha value is -0.800. The zero-order valence-corrected chi connectivity index (χ0v) is 6.97. The molecule has 3 nitrogen and oxygen atoms in total. The largest absolute Gasteiger partial charge is 0.382 e. The van der Waals surface area contributed by atoms with Gasteiger partial charge in [-0.25, -0.2) is 4.98 Å². The van der Waals surface area contributed by atoms with Crippen LogP contribution >= 0.6 is 23.4 Å². The third-order valence-electron chi connectivity index (χ3n) is 1.11. The summed E-state index contributed by atoms with van der Waals surface area (Å²) in [5.74, 6) is 0.232. The number of halogens is 2. The summed E-state index contributed by atoms with van der Waals surface area (Å²) in [5, 5.41) is 0.413. The molecule has 1 rings (SSSR count). The van der Waals surface area contributed by atoms with Gasteiger partial charge in [-0.2, -0.15) is 4.51 Å². The van der Waals surface area contributed by atoms with Gasteiger partial charge >= 0.3 is 0 Å². The summed E-state index contributed by atoms with van der Waals surface area (Å²) in [7, 11) is 0. The van der Waals surface area contributed by atoms with Crippen LogP contribution in [-0.4, -0.2) is 10.8 Å². The van der Waals surface area contributed by atoms with Crippen molar-refractivity contribution in [2.45, 2.75) is 0 Å². The average molecular weight is 190 g/mol. The van der Waals surface area contributed by atoms with Gasteiger partial charge in [-0.05, 0) is 12.1 Å². The molecule has 0 fully saturated rings. The molecule has 0 saturated carbocycles. The highest BCUT2D eigenvalue weighted by atomic mass is 35.5. The Morgan fingerprint density at radius 3 is 2.73 bits per heavy atom. The number of aromatic nitrogens is 1. The summed E-state index contributed by atoms with van der Waals surface area (Å²) in [6.07, 6.45) is 1.50. The lowest BCUT2D eigenvalue weighted by molar-refractivity contribution is 1.31. The van der Waals surface area contributed by atoms with Crippen molar-refractivity contribution >= 4 is 29.2 Å². The van der Waals surface area contributed by atoms with E-state index in [2.05, 4.69) is 9.50 Å². The van der Waals surface area contributed by atoms with Crippen molar-refractivity contribution < 1.29 is 0 Å². The third-order valence-corrected chi connectivity index (χ3v) is 1.52. The molecule has 5 heteroatoms. The Morgan fingerprint density at radius 2 is 2.27 bits per heavy atom. The van der Waals surface area contributed by atoms with Crippen molar-refractivity contribution in [2.75, 3.05) is 0 Å². The van der Waals surface area contributed by atoms with Crippen LogP contribution in [0.25, 0.3) is 0 Å². The molecule has 0 unspecified atom stereocenters. The maximum atomic E-state index is 5.53. The van der Waals surface area contributed by atoms with Gasteiger partial charge in [0.2, 0.25) is 0 Å². The van der Waals surface area contributed by atoms with Crippen LogP contribution in [0.15, 0.2) is 22.8 Å². The molecule has 1 aromatic rings. The zero-order valence-electron chi connectivity index (χ0n) is 5.46. The molecule has 0 amide bonds. The van der Waals surface area contributed by atoms with E-state index in [4.69, 9.17) is 29.1 Å². The first-order chi connectivity index (χ1) is 5.24. The minimum atomic E-state index is 0.232. The molecular weight excluding hydrogens is 185 g/mol. The van der Waals surface area contributed by atoms with E-state index in [9.17, 15) is 0 Å². The maximum Gasteiger partial charge on any atom is 0.146 e. The number of rotatable bonds is 1. The van der Waals surface area contributed by atoms with Crippen LogP contribution in [0.3, 0.4) is 0 Å². The Bertz CT molecular complexity index is 268. The van der Waals surface area contributed by atoms with Crippen LogP contribution in [0.2, 0.25) is 5.15 Å². The van der Waals surface area contributed by atoms with Crippen LogP contribution in [0.5, 0.6) is 0 Å². The molecule has 0 spiro atoms. The number of nitrogens with two attached hydrogens (primary N) is 1. The standard InChI is InChI=1S/C6H5Cl2N3/c7-5-2-1-4(3-10-5)6(9)11-8/h1-3H,(H2,9,11). The van der Waals surface area contributed by atoms with Crippen LogP contribution in [0.4, 0.5) is 0 Å². The fourth-order valence-electron chi connectivity index (χ4n) is 0.576. The fraction of sp³-hybridized carbons (Fsp3) is 0. The summed E-state index contributed by atoms with van der Waals surface area (Å²) >= 11 is 10.7. The third kappa shape index (κ3) is 2.06. The SMILES string of the molecule is N/C(=N\Cl)c1ccc(Cl)nc1. The summed E-state index contributed by atoms with van der Waals surface area (Å²) in [6.45, 7) is 0. The summed E-state index contributed by atoms with van der Waals surface area (Å²) < 4.78 is 3.27. The number of hydrogen-bond donors (Lipinski definition) is 1. The Kier molecular flexibility index (Phi) is 2.68. The zero-order chi connectivity index (χ0) is 8.27. The second-order valence-corrected chi connectivity index (χ2v) is 2.40. The molecule has 0 aliphatic rings. The van der Waals surface area contributed by atoms with Crippen molar-refractivity contribution in [3.63, 3.8) is 0 Å². The highest BCUT2D eigenvalue weighted by Gasteiger charge is 1.96. The molecule has 0 aliphatic carbocycles. The molecule has 0 bridgehead atoms. The van der Waals surface area contributed by atoms with Crippen LogP contribution in [-0.2, 0) is 0 Å². The monoisotopic (exact) mass is 189 g/mol. The quantitative estimate of drug-likeness (QED) is 0.415. The summed E-state index contributed by atoms with van der Waals surface area (Å²) in [5.41, 5.74) is 6.04. The van der Waals surface area contributed by atoms with Gasteiger partial charge in [-0.1, -0.05) is 11.6 Å². The van der Waals surface area contributed by atoms with Crippen LogP contribution in [0, 0.1) is 0 Å². The van der Waals surface area contributed by atoms with Gasteiger partial charge in [0, 0.05) is 23.5 Å². The van der Waals surface area contributed by atoms with E-state index in [0.717, 1.165) is 0 Å². The Balaban J connectivity index is 2.99. The average Bonchev–Trinajstić information content (AvgIpc) is 2.05. The molecule has 1 aromatic heterocycles. The molecule has 0 atom stereocenters. The van der Waals surface area contributed by atoms with Gasteiger partial charge in [-0.3, -0.25) is 0 Å². The van der Waals surface area contributed by atoms with Gasteiger partial charge in [0.25, 0.3) is 0 Å². The topological polar surface area (TPSA) is 51.3 Å². The van der Waals surface area contributed by atoms with Crippen molar-refractivity contribution in [2.24, 2.45) is 10.2 Å². The lowest BCUT2D eigenvalue weighted by Crippen LogP contribution is -2.11. The van der Waals surface area contributed by atoms with E-state index in [-0.39, 0.29) is 5.84 Å². The normalized spacial score (nSPS) is 11.6. The second kappa shape index (κ2) is 3.55. The number of amidine groups is 1. The van der Waals surface area contributed by atoms with Gasteiger partial charge < -0.3 is 5.73 Å². The minimum absolute atomic E-state index is 0.232. The number of pyridine rings is 1. The van der Waals surface area contributed by atoms with Crippen molar-refractivity contribution in [1.82, 2.24) is 4.98 Å². The van der Waals surface area contributed by atoms with Gasteiger partial charge in [0.05, 0.1) is 0 Å². The van der Waals surface area contributed by atoms with Crippen molar-refractivity contribution in [1.29, 1.82) is 0 Å². The smallest absolute Gasteiger partial charge is 0.146 e. The van der Waals surface area contributed by atoms with Gasteiger partial charge in [0.1, 0.15) is 11.0 Å². The lowest BCUT2D eigenvalue weighted by Gasteiger charge is -1.95. The maximum absolute atomic E-state index is 5.53. The highest BCUT2D eigenvalue weighted by molar-refractivity contribution is 6.29. The van der Waals surface area contributed by atoms with Crippen LogP contribution < -0.4 is 5.73 Å². The number of nitrogens with zero attached hydrogens (tertiary/aromatic N) is 2. The fourth-order valence-corrected chi connectivity index (χ4v) is 0.786. The van der Waals surface area contributed by atoms with E-state index in [1.807, 2.05) is 0 Å². The minimum Gasteiger partial charge on any atom is -0.382 e. The number of hydrogen-bond acceptors (Lipinski definition) is 2. The van der Waals surface area contributed by atoms with Crippen LogP contribution in [0.1, 0.15) is 5.56 Å². The van der Waals surface area contributed by atoms with Crippen molar-refractivity contribution in [3.8, 4) is 0 Å². The highest BCUT2D eigenvalue weighted by Crippen LogP contribution is 2.04. The molecule has 11 heavy (non-hydrogen) atoms. The Morgan fingerprint density at radius 1 is 1.55 bits per heavy atom. The summed E-state index contributed by atoms with van der Waals surface area (Å²) in [4.78, 5) is 3.79. The van der Waals surface area contributed by atoms with Gasteiger partial charge in [0.15, 0.2) is 0 Å². The van der Waals surface area contributed by atoms with E-state index >= 15 is 0 Å². The van der Waals surface area contributed by atoms with E-state index in [1.54, 1.807) is 12.1 Å². The molecule has 0 aliphatic heterocycles. The van der Waals surface area contributed by atoms with E-state index in [0.29, 0.717) is 10.7 Å². The first kappa shape index (κ1) is 8.30. The summed E-state index contributed by atoms with van der Waals surface area (Å²) in [6, 6.07) is 3.31. The molecule has 1 heterocycles. The predicted octanol–water partition coefficient (Wildman–Crippen LogP) is 1.59. The van der Waals surface area contributed by atoms with E-state index in [1.165, 1.54) is 6.20 Å². The predicted molar refractivity (Wildman–Crippen MR) is 45.8 cm³/mol. The molecule has 58 valence electrons. The Labute approximate surface area is 74.0 Å². The first-order valence-corrected chi connectivity index (χ1v) is 3.52. The van der Waals surface area contributed by atoms with Crippen molar-refractivity contribution in [3.05, 3.63) is 29.0 Å².